The van der Waals surface area contributed by atoms with Gasteiger partial charge in [0, 0.05) is 17.2 Å². The van der Waals surface area contributed by atoms with Crippen LogP contribution in [-0.2, 0) is 6.54 Å². The summed E-state index contributed by atoms with van der Waals surface area (Å²) in [5.41, 5.74) is -0.213. The summed E-state index contributed by atoms with van der Waals surface area (Å²) < 4.78 is 15.1. The third-order valence-corrected chi connectivity index (χ3v) is 4.24. The molecule has 0 saturated carbocycles. The van der Waals surface area contributed by atoms with Crippen molar-refractivity contribution in [3.8, 4) is 0 Å². The number of anilines is 3. The molecule has 0 aliphatic rings. The first-order valence-electron chi connectivity index (χ1n) is 9.49. The highest BCUT2D eigenvalue weighted by Gasteiger charge is 2.18. The number of aromatic nitrogens is 4. The van der Waals surface area contributed by atoms with Crippen LogP contribution in [0.15, 0.2) is 29.5 Å². The number of halogens is 1. The summed E-state index contributed by atoms with van der Waals surface area (Å²) in [6.07, 6.45) is 1.39. The van der Waals surface area contributed by atoms with Gasteiger partial charge in [0.1, 0.15) is 28.7 Å². The average molecular weight is 416 g/mol. The summed E-state index contributed by atoms with van der Waals surface area (Å²) in [4.78, 5) is 25.7. The van der Waals surface area contributed by atoms with Gasteiger partial charge in [0.2, 0.25) is 0 Å². The Hall–Kier alpha value is -3.11. The van der Waals surface area contributed by atoms with E-state index in [2.05, 4.69) is 25.6 Å². The average Bonchev–Trinajstić information content (AvgIpc) is 2.64. The van der Waals surface area contributed by atoms with Gasteiger partial charge >= 0.3 is 0 Å². The number of hydrogen-bond acceptors (Lipinski definition) is 8. The van der Waals surface area contributed by atoms with Crippen LogP contribution < -0.4 is 16.2 Å². The zero-order chi connectivity index (χ0) is 22.1. The van der Waals surface area contributed by atoms with Crippen LogP contribution in [0.3, 0.4) is 0 Å². The second-order valence-electron chi connectivity index (χ2n) is 7.98. The molecule has 3 aromatic heterocycles. The molecule has 0 spiro atoms. The summed E-state index contributed by atoms with van der Waals surface area (Å²) in [5, 5.41) is 25.4. The summed E-state index contributed by atoms with van der Waals surface area (Å²) in [6, 6.07) is 2.98. The summed E-state index contributed by atoms with van der Waals surface area (Å²) >= 11 is 0. The molecule has 1 unspecified atom stereocenters. The zero-order valence-corrected chi connectivity index (χ0v) is 17.3. The van der Waals surface area contributed by atoms with Crippen molar-refractivity contribution in [1.29, 1.82) is 0 Å². The van der Waals surface area contributed by atoms with Crippen molar-refractivity contribution in [1.82, 2.24) is 19.5 Å². The molecule has 0 saturated heterocycles. The highest BCUT2D eigenvalue weighted by Crippen LogP contribution is 2.26. The Morgan fingerprint density at radius 1 is 1.23 bits per heavy atom. The summed E-state index contributed by atoms with van der Waals surface area (Å²) in [7, 11) is 0. The number of aliphatic hydroxyl groups excluding tert-OH is 2. The predicted molar refractivity (Wildman–Crippen MR) is 112 cm³/mol. The van der Waals surface area contributed by atoms with Crippen LogP contribution in [0.4, 0.5) is 21.8 Å². The van der Waals surface area contributed by atoms with Gasteiger partial charge in [-0.25, -0.2) is 19.3 Å². The lowest BCUT2D eigenvalue weighted by Gasteiger charge is -2.23. The topological polar surface area (TPSA) is 125 Å². The van der Waals surface area contributed by atoms with Crippen molar-refractivity contribution in [3.05, 3.63) is 46.4 Å². The molecule has 9 nitrogen and oxygen atoms in total. The number of aliphatic hydroxyl groups is 2. The Bertz CT molecular complexity index is 1120. The van der Waals surface area contributed by atoms with Crippen LogP contribution in [0.1, 0.15) is 39.4 Å². The number of nitrogens with zero attached hydrogens (tertiary/aromatic N) is 4. The molecule has 4 N–H and O–H groups in total. The molecule has 1 atom stereocenters. The number of fused-ring (bicyclic) bond motifs is 1. The van der Waals surface area contributed by atoms with E-state index in [1.54, 1.807) is 6.07 Å². The Kier molecular flexibility index (Phi) is 5.99. The first-order chi connectivity index (χ1) is 14.1. The van der Waals surface area contributed by atoms with E-state index in [-0.39, 0.29) is 30.1 Å². The quantitative estimate of drug-likeness (QED) is 0.482. The molecular weight excluding hydrogens is 391 g/mol. The fourth-order valence-corrected chi connectivity index (χ4v) is 2.92. The van der Waals surface area contributed by atoms with Crippen molar-refractivity contribution in [2.75, 3.05) is 17.2 Å². The molecule has 10 heteroatoms. The van der Waals surface area contributed by atoms with Crippen molar-refractivity contribution in [2.24, 2.45) is 0 Å². The Morgan fingerprint density at radius 2 is 1.97 bits per heavy atom. The fourth-order valence-electron chi connectivity index (χ4n) is 2.92. The summed E-state index contributed by atoms with van der Waals surface area (Å²) in [6.45, 7) is 7.19. The predicted octanol–water partition coefficient (Wildman–Crippen LogP) is 2.33. The minimum atomic E-state index is -0.997. The molecule has 160 valence electrons. The van der Waals surface area contributed by atoms with E-state index < -0.39 is 17.5 Å². The molecule has 30 heavy (non-hydrogen) atoms. The van der Waals surface area contributed by atoms with Crippen molar-refractivity contribution < 1.29 is 14.6 Å². The van der Waals surface area contributed by atoms with Crippen molar-refractivity contribution in [2.45, 2.75) is 45.9 Å². The minimum Gasteiger partial charge on any atom is -0.395 e. The monoisotopic (exact) mass is 416 g/mol. The maximum absolute atomic E-state index is 13.8. The molecule has 0 aliphatic heterocycles. The fraction of sp³-hybridized carbons (Fsp3) is 0.400. The lowest BCUT2D eigenvalue weighted by molar-refractivity contribution is 0.194. The van der Waals surface area contributed by atoms with Crippen LogP contribution in [0.25, 0.3) is 10.9 Å². The van der Waals surface area contributed by atoms with Crippen LogP contribution in [0, 0.1) is 5.82 Å². The highest BCUT2D eigenvalue weighted by molar-refractivity contribution is 5.91. The third kappa shape index (κ3) is 4.71. The van der Waals surface area contributed by atoms with Gasteiger partial charge in [0.05, 0.1) is 37.3 Å². The van der Waals surface area contributed by atoms with Crippen LogP contribution in [0.5, 0.6) is 0 Å². The van der Waals surface area contributed by atoms with Crippen LogP contribution >= 0.6 is 0 Å². The van der Waals surface area contributed by atoms with Crippen LogP contribution in [-0.4, -0.2) is 41.9 Å². The second kappa shape index (κ2) is 8.33. The molecule has 0 amide bonds. The Labute approximate surface area is 172 Å². The lowest BCUT2D eigenvalue weighted by Crippen LogP contribution is -2.29. The first-order valence-corrected chi connectivity index (χ1v) is 9.49. The molecule has 0 radical (unpaired) electrons. The second-order valence-corrected chi connectivity index (χ2v) is 7.98. The largest absolute Gasteiger partial charge is 0.395 e. The number of hydrogen-bond donors (Lipinski definition) is 4. The minimum absolute atomic E-state index is 0.103. The van der Waals surface area contributed by atoms with Crippen molar-refractivity contribution in [3.63, 3.8) is 0 Å². The number of pyridine rings is 2. The van der Waals surface area contributed by atoms with Crippen molar-refractivity contribution >= 4 is 28.4 Å². The van der Waals surface area contributed by atoms with E-state index in [0.29, 0.717) is 22.5 Å². The first kappa shape index (κ1) is 21.6. The zero-order valence-electron chi connectivity index (χ0n) is 17.3. The van der Waals surface area contributed by atoms with E-state index in [4.69, 9.17) is 0 Å². The van der Waals surface area contributed by atoms with Gasteiger partial charge in [0.15, 0.2) is 0 Å². The van der Waals surface area contributed by atoms with Gasteiger partial charge in [0.25, 0.3) is 5.56 Å². The van der Waals surface area contributed by atoms with E-state index in [9.17, 15) is 19.4 Å². The van der Waals surface area contributed by atoms with E-state index >= 15 is 0 Å². The number of rotatable bonds is 6. The van der Waals surface area contributed by atoms with Crippen LogP contribution in [0.2, 0.25) is 0 Å². The van der Waals surface area contributed by atoms with Gasteiger partial charge < -0.3 is 20.8 Å². The maximum Gasteiger partial charge on any atom is 0.265 e. The van der Waals surface area contributed by atoms with Gasteiger partial charge in [-0.05, 0) is 33.8 Å². The normalized spacial score (nSPS) is 12.8. The summed E-state index contributed by atoms with van der Waals surface area (Å²) in [5.74, 6) is 0.347. The van der Waals surface area contributed by atoms with E-state index in [1.807, 2.05) is 20.8 Å². The lowest BCUT2D eigenvalue weighted by atomic mass is 10.1. The molecule has 0 bridgehead atoms. The molecule has 0 fully saturated rings. The smallest absolute Gasteiger partial charge is 0.265 e. The Morgan fingerprint density at radius 3 is 2.60 bits per heavy atom. The Balaban J connectivity index is 2.11. The molecule has 0 aromatic carbocycles. The third-order valence-electron chi connectivity index (χ3n) is 4.24. The SMILES string of the molecule is CC(O)c1cc(Nc2cc3ncn(CCO)c(=O)c3c(NC(C)(C)C)n2)ncc1F. The van der Waals surface area contributed by atoms with Gasteiger partial charge in [-0.1, -0.05) is 0 Å². The number of nitrogens with one attached hydrogen (secondary N) is 2. The van der Waals surface area contributed by atoms with Gasteiger partial charge in [-0.15, -0.1) is 0 Å². The van der Waals surface area contributed by atoms with E-state index in [0.717, 1.165) is 6.20 Å². The molecule has 3 aromatic rings. The maximum atomic E-state index is 13.8. The van der Waals surface area contributed by atoms with Gasteiger partial charge in [-0.2, -0.15) is 0 Å². The van der Waals surface area contributed by atoms with E-state index in [1.165, 1.54) is 23.9 Å². The molecule has 3 heterocycles. The molecule has 3 rings (SSSR count). The molecular formula is C20H25FN6O3. The molecule has 0 aliphatic carbocycles. The standard InChI is InChI=1S/C20H25FN6O3/c1-11(29)12-7-15(22-9-13(12)21)24-16-8-14-17(18(25-16)26-20(2,3)4)19(30)27(5-6-28)10-23-14/h7-11,28-29H,5-6H2,1-4H3,(H2,22,24,25,26). The highest BCUT2D eigenvalue weighted by atomic mass is 19.1. The van der Waals surface area contributed by atoms with Gasteiger partial charge in [-0.3, -0.25) is 9.36 Å².